The van der Waals surface area contributed by atoms with Crippen molar-refractivity contribution in [1.29, 1.82) is 0 Å². The molecule has 0 fully saturated rings. The van der Waals surface area contributed by atoms with Crippen LogP contribution in [0.5, 0.6) is 0 Å². The van der Waals surface area contributed by atoms with E-state index >= 15 is 0 Å². The van der Waals surface area contributed by atoms with Crippen LogP contribution in [0.4, 0.5) is 10.5 Å². The number of unbranched alkanes of at least 4 members (excludes halogenated alkanes) is 1. The molecule has 0 aliphatic heterocycles. The minimum absolute atomic E-state index is 0.0844. The zero-order valence-corrected chi connectivity index (χ0v) is 24.7. The molecule has 40 heavy (non-hydrogen) atoms. The number of fused-ring (bicyclic) bond motifs is 1. The molecule has 1 aromatic heterocycles. The maximum atomic E-state index is 12.9. The Hall–Kier alpha value is -4.13. The Bertz CT molecular complexity index is 1500. The van der Waals surface area contributed by atoms with Gasteiger partial charge in [0.1, 0.15) is 11.4 Å². The highest BCUT2D eigenvalue weighted by molar-refractivity contribution is 5.97. The maximum absolute atomic E-state index is 12.9. The first-order chi connectivity index (χ1) is 19.0. The molecule has 210 valence electrons. The lowest BCUT2D eigenvalue weighted by Gasteiger charge is -2.22. The van der Waals surface area contributed by atoms with Crippen LogP contribution in [-0.2, 0) is 17.7 Å². The van der Waals surface area contributed by atoms with Crippen LogP contribution < -0.4 is 4.90 Å². The van der Waals surface area contributed by atoms with Crippen LogP contribution in [0.3, 0.4) is 0 Å². The standard InChI is InChI=1S/C33H40N4O3/c1-8-9-14-30-34-28-20-19-25(36(7)32(39)35(5)6)21-29(28)37(30)22-23-15-17-24(18-16-23)26-12-10-11-13-27(26)31(38)40-33(2,3)4/h10-13,15-21H,8-9,14,22H2,1-7H3. The largest absolute Gasteiger partial charge is 0.456 e. The van der Waals surface area contributed by atoms with Gasteiger partial charge in [-0.1, -0.05) is 55.8 Å². The number of urea groups is 1. The lowest BCUT2D eigenvalue weighted by Crippen LogP contribution is -2.36. The lowest BCUT2D eigenvalue weighted by molar-refractivity contribution is 0.00704. The van der Waals surface area contributed by atoms with Crippen LogP contribution in [0.1, 0.15) is 62.3 Å². The average Bonchev–Trinajstić information content (AvgIpc) is 3.26. The number of hydrogen-bond acceptors (Lipinski definition) is 4. The molecule has 7 nitrogen and oxygen atoms in total. The van der Waals surface area contributed by atoms with E-state index in [1.165, 1.54) is 0 Å². The van der Waals surface area contributed by atoms with E-state index in [1.807, 2.05) is 63.2 Å². The summed E-state index contributed by atoms with van der Waals surface area (Å²) in [6.45, 7) is 8.45. The molecule has 0 N–H and O–H groups in total. The third-order valence-electron chi connectivity index (χ3n) is 6.77. The van der Waals surface area contributed by atoms with Crippen LogP contribution in [-0.4, -0.2) is 53.2 Å². The predicted molar refractivity (Wildman–Crippen MR) is 162 cm³/mol. The van der Waals surface area contributed by atoms with Gasteiger partial charge in [-0.25, -0.2) is 14.6 Å². The minimum Gasteiger partial charge on any atom is -0.456 e. The molecule has 0 radical (unpaired) electrons. The van der Waals surface area contributed by atoms with Crippen molar-refractivity contribution in [3.05, 3.63) is 83.7 Å². The van der Waals surface area contributed by atoms with E-state index in [-0.39, 0.29) is 12.0 Å². The molecule has 0 aliphatic rings. The highest BCUT2D eigenvalue weighted by Gasteiger charge is 2.21. The third kappa shape index (κ3) is 6.53. The molecule has 0 spiro atoms. The number of amides is 2. The van der Waals surface area contributed by atoms with Crippen LogP contribution in [0.2, 0.25) is 0 Å². The van der Waals surface area contributed by atoms with Crippen molar-refractivity contribution in [3.63, 3.8) is 0 Å². The Balaban J connectivity index is 1.67. The van der Waals surface area contributed by atoms with Crippen LogP contribution >= 0.6 is 0 Å². The number of carbonyl (C=O) groups is 2. The van der Waals surface area contributed by atoms with E-state index in [9.17, 15) is 9.59 Å². The van der Waals surface area contributed by atoms with Crippen molar-refractivity contribution in [2.24, 2.45) is 0 Å². The molecule has 0 unspecified atom stereocenters. The quantitative estimate of drug-likeness (QED) is 0.222. The topological polar surface area (TPSA) is 67.7 Å². The minimum atomic E-state index is -0.564. The summed E-state index contributed by atoms with van der Waals surface area (Å²) in [4.78, 5) is 33.6. The van der Waals surface area contributed by atoms with Gasteiger partial charge in [0, 0.05) is 39.8 Å². The highest BCUT2D eigenvalue weighted by Crippen LogP contribution is 2.28. The van der Waals surface area contributed by atoms with Crippen molar-refractivity contribution in [2.45, 2.75) is 59.1 Å². The SMILES string of the molecule is CCCCc1nc2ccc(N(C)C(=O)N(C)C)cc2n1Cc1ccc(-c2ccccc2C(=O)OC(C)(C)C)cc1. The summed E-state index contributed by atoms with van der Waals surface area (Å²) in [7, 11) is 5.29. The number of nitrogens with zero attached hydrogens (tertiary/aromatic N) is 4. The molecular weight excluding hydrogens is 500 g/mol. The van der Waals surface area contributed by atoms with Crippen LogP contribution in [0.15, 0.2) is 66.7 Å². The summed E-state index contributed by atoms with van der Waals surface area (Å²) in [6.07, 6.45) is 3.02. The van der Waals surface area contributed by atoms with Gasteiger partial charge in [0.05, 0.1) is 16.6 Å². The van der Waals surface area contributed by atoms with Crippen LogP contribution in [0, 0.1) is 0 Å². The number of imidazole rings is 1. The number of esters is 1. The fourth-order valence-corrected chi connectivity index (χ4v) is 4.70. The zero-order valence-electron chi connectivity index (χ0n) is 24.7. The fraction of sp³-hybridized carbons (Fsp3) is 0.364. The van der Waals surface area contributed by atoms with E-state index in [0.717, 1.165) is 58.5 Å². The van der Waals surface area contributed by atoms with Gasteiger partial charge in [-0.15, -0.1) is 0 Å². The third-order valence-corrected chi connectivity index (χ3v) is 6.77. The van der Waals surface area contributed by atoms with Crippen molar-refractivity contribution in [1.82, 2.24) is 14.5 Å². The van der Waals surface area contributed by atoms with Crippen molar-refractivity contribution >= 4 is 28.7 Å². The molecule has 2 amide bonds. The first kappa shape index (κ1) is 28.9. The number of aromatic nitrogens is 2. The number of rotatable bonds is 8. The second-order valence-electron chi connectivity index (χ2n) is 11.4. The van der Waals surface area contributed by atoms with Gasteiger partial charge in [0.15, 0.2) is 0 Å². The Morgan fingerprint density at radius 2 is 1.65 bits per heavy atom. The molecule has 0 bridgehead atoms. The second kappa shape index (κ2) is 11.9. The number of carbonyl (C=O) groups excluding carboxylic acids is 2. The molecule has 0 aliphatic carbocycles. The number of hydrogen-bond donors (Lipinski definition) is 0. The number of aryl methyl sites for hydroxylation is 1. The van der Waals surface area contributed by atoms with Crippen molar-refractivity contribution < 1.29 is 14.3 Å². The summed E-state index contributed by atoms with van der Waals surface area (Å²) in [5.74, 6) is 0.709. The summed E-state index contributed by atoms with van der Waals surface area (Å²) in [5.41, 5.74) is 5.66. The fourth-order valence-electron chi connectivity index (χ4n) is 4.70. The molecule has 1 heterocycles. The maximum Gasteiger partial charge on any atom is 0.339 e. The normalized spacial score (nSPS) is 11.5. The first-order valence-corrected chi connectivity index (χ1v) is 13.8. The molecule has 7 heteroatoms. The van der Waals surface area contributed by atoms with Gasteiger partial charge in [0.25, 0.3) is 0 Å². The van der Waals surface area contributed by atoms with Crippen LogP contribution in [0.25, 0.3) is 22.2 Å². The Morgan fingerprint density at radius 3 is 2.30 bits per heavy atom. The smallest absolute Gasteiger partial charge is 0.339 e. The van der Waals surface area contributed by atoms with E-state index in [2.05, 4.69) is 35.8 Å². The second-order valence-corrected chi connectivity index (χ2v) is 11.4. The molecule has 0 saturated heterocycles. The lowest BCUT2D eigenvalue weighted by atomic mass is 9.98. The first-order valence-electron chi connectivity index (χ1n) is 13.8. The molecule has 4 aromatic rings. The summed E-state index contributed by atoms with van der Waals surface area (Å²) in [5, 5.41) is 0. The van der Waals surface area contributed by atoms with Gasteiger partial charge >= 0.3 is 12.0 Å². The van der Waals surface area contributed by atoms with Gasteiger partial charge in [-0.05, 0) is 68.1 Å². The van der Waals surface area contributed by atoms with Crippen molar-refractivity contribution in [2.75, 3.05) is 26.0 Å². The number of anilines is 1. The Kier molecular flexibility index (Phi) is 8.62. The summed E-state index contributed by atoms with van der Waals surface area (Å²) in [6, 6.07) is 21.8. The molecule has 4 rings (SSSR count). The summed E-state index contributed by atoms with van der Waals surface area (Å²) >= 11 is 0. The summed E-state index contributed by atoms with van der Waals surface area (Å²) < 4.78 is 7.90. The van der Waals surface area contributed by atoms with Gasteiger partial charge in [0.2, 0.25) is 0 Å². The monoisotopic (exact) mass is 540 g/mol. The molecule has 0 atom stereocenters. The zero-order chi connectivity index (χ0) is 29.0. The number of ether oxygens (including phenoxy) is 1. The van der Waals surface area contributed by atoms with Gasteiger partial charge < -0.3 is 14.2 Å². The average molecular weight is 541 g/mol. The number of benzene rings is 3. The predicted octanol–water partition coefficient (Wildman–Crippen LogP) is 7.17. The van der Waals surface area contributed by atoms with E-state index < -0.39 is 5.60 Å². The van der Waals surface area contributed by atoms with E-state index in [0.29, 0.717) is 12.1 Å². The Labute approximate surface area is 237 Å². The van der Waals surface area contributed by atoms with Gasteiger partial charge in [-0.3, -0.25) is 4.90 Å². The Morgan fingerprint density at radius 1 is 0.950 bits per heavy atom. The van der Waals surface area contributed by atoms with Crippen molar-refractivity contribution in [3.8, 4) is 11.1 Å². The van der Waals surface area contributed by atoms with E-state index in [4.69, 9.17) is 9.72 Å². The highest BCUT2D eigenvalue weighted by atomic mass is 16.6. The van der Waals surface area contributed by atoms with E-state index in [1.54, 1.807) is 30.9 Å². The van der Waals surface area contributed by atoms with Gasteiger partial charge in [-0.2, -0.15) is 0 Å². The molecular formula is C33H40N4O3. The molecule has 0 saturated carbocycles. The molecule has 3 aromatic carbocycles.